The minimum atomic E-state index is 0.0490. The fourth-order valence-corrected chi connectivity index (χ4v) is 12.9. The molecule has 0 unspecified atom stereocenters. The lowest BCUT2D eigenvalue weighted by atomic mass is 9.70. The summed E-state index contributed by atoms with van der Waals surface area (Å²) >= 11 is 4.91. The minimum Gasteiger partial charge on any atom is -0.489 e. The largest absolute Gasteiger partial charge is 0.489 e. The van der Waals surface area contributed by atoms with Crippen LogP contribution in [0.25, 0.3) is 53.5 Å². The van der Waals surface area contributed by atoms with Gasteiger partial charge in [-0.3, -0.25) is 0 Å². The van der Waals surface area contributed by atoms with Crippen molar-refractivity contribution in [3.8, 4) is 53.9 Å². The average molecular weight is 946 g/mol. The Kier molecular flexibility index (Phi) is 20.5. The lowest BCUT2D eigenvalue weighted by Gasteiger charge is -2.33. The molecule has 6 aromatic rings. The molecule has 0 saturated heterocycles. The average Bonchev–Trinajstić information content (AvgIpc) is 4.19. The van der Waals surface area contributed by atoms with Gasteiger partial charge in [-0.2, -0.15) is 8.75 Å². The van der Waals surface area contributed by atoms with E-state index in [-0.39, 0.29) is 5.41 Å². The Morgan fingerprint density at radius 3 is 1.52 bits per heavy atom. The van der Waals surface area contributed by atoms with Crippen molar-refractivity contribution in [1.29, 1.82) is 0 Å². The SMILES string of the molecule is CCCCCCCCOc1c(OCCCCCCCC)c(-c2ccc(-c3ccc4c(c3)C(CCCCCCCC)(CCCCCCCC)c3ccccc3-4)s2)c2nsnc2c1-c1cccs1. The van der Waals surface area contributed by atoms with Crippen LogP contribution in [0, 0.1) is 0 Å². The van der Waals surface area contributed by atoms with E-state index in [0.29, 0.717) is 13.2 Å². The molecule has 3 heterocycles. The van der Waals surface area contributed by atoms with Gasteiger partial charge < -0.3 is 9.47 Å². The highest BCUT2D eigenvalue weighted by Crippen LogP contribution is 2.56. The fourth-order valence-electron chi connectivity index (χ4n) is 10.5. The first-order valence-corrected chi connectivity index (χ1v) is 29.0. The van der Waals surface area contributed by atoms with Crippen LogP contribution in [-0.4, -0.2) is 22.0 Å². The number of rotatable bonds is 33. The monoisotopic (exact) mass is 945 g/mol. The van der Waals surface area contributed by atoms with Crippen molar-refractivity contribution in [2.45, 2.75) is 200 Å². The van der Waals surface area contributed by atoms with Crippen molar-refractivity contribution in [1.82, 2.24) is 8.75 Å². The van der Waals surface area contributed by atoms with Crippen LogP contribution in [-0.2, 0) is 5.41 Å². The second-order valence-electron chi connectivity index (χ2n) is 19.2. The molecule has 0 bridgehead atoms. The van der Waals surface area contributed by atoms with Crippen molar-refractivity contribution in [2.75, 3.05) is 13.2 Å². The van der Waals surface area contributed by atoms with E-state index in [9.17, 15) is 0 Å². The number of fused-ring (bicyclic) bond motifs is 4. The molecule has 0 aliphatic heterocycles. The van der Waals surface area contributed by atoms with Gasteiger partial charge in [-0.25, -0.2) is 0 Å². The van der Waals surface area contributed by atoms with Crippen molar-refractivity contribution in [3.63, 3.8) is 0 Å². The molecule has 356 valence electrons. The highest BCUT2D eigenvalue weighted by Gasteiger charge is 2.42. The molecule has 0 N–H and O–H groups in total. The molecule has 7 heteroatoms. The number of hydrogen-bond acceptors (Lipinski definition) is 7. The highest BCUT2D eigenvalue weighted by molar-refractivity contribution is 7.19. The highest BCUT2D eigenvalue weighted by atomic mass is 32.1. The summed E-state index contributed by atoms with van der Waals surface area (Å²) in [6.45, 7) is 10.5. The number of benzene rings is 3. The van der Waals surface area contributed by atoms with Crippen LogP contribution in [0.3, 0.4) is 0 Å². The van der Waals surface area contributed by atoms with Crippen LogP contribution in [0.4, 0.5) is 0 Å². The third kappa shape index (κ3) is 12.6. The summed E-state index contributed by atoms with van der Waals surface area (Å²) in [7, 11) is 0. The molecule has 1 aliphatic rings. The zero-order chi connectivity index (χ0) is 45.8. The summed E-state index contributed by atoms with van der Waals surface area (Å²) in [5, 5.41) is 2.15. The van der Waals surface area contributed by atoms with Gasteiger partial charge in [0.2, 0.25) is 0 Å². The Bertz CT molecular complexity index is 2310. The molecule has 0 fully saturated rings. The molecule has 0 radical (unpaired) electrons. The first-order valence-electron chi connectivity index (χ1n) is 26.6. The Labute approximate surface area is 411 Å². The van der Waals surface area contributed by atoms with Gasteiger partial charge >= 0.3 is 0 Å². The quantitative estimate of drug-likeness (QED) is 0.0386. The predicted octanol–water partition coefficient (Wildman–Crippen LogP) is 20.1. The molecule has 7 rings (SSSR count). The maximum Gasteiger partial charge on any atom is 0.172 e. The molecule has 4 nitrogen and oxygen atoms in total. The second-order valence-corrected chi connectivity index (χ2v) is 21.7. The topological polar surface area (TPSA) is 44.2 Å². The zero-order valence-electron chi connectivity index (χ0n) is 41.2. The molecule has 1 aliphatic carbocycles. The van der Waals surface area contributed by atoms with Crippen LogP contribution in [0.2, 0.25) is 0 Å². The van der Waals surface area contributed by atoms with Crippen molar-refractivity contribution < 1.29 is 9.47 Å². The van der Waals surface area contributed by atoms with E-state index in [2.05, 4.69) is 99.8 Å². The van der Waals surface area contributed by atoms with Crippen molar-refractivity contribution >= 4 is 45.4 Å². The number of nitrogens with zero attached hydrogens (tertiary/aromatic N) is 2. The van der Waals surface area contributed by atoms with Gasteiger partial charge in [0.1, 0.15) is 11.0 Å². The Morgan fingerprint density at radius 2 is 0.955 bits per heavy atom. The molecule has 0 atom stereocenters. The number of ether oxygens (including phenoxy) is 2. The number of aromatic nitrogens is 2. The molecule has 0 amide bonds. The van der Waals surface area contributed by atoms with Crippen LogP contribution >= 0.6 is 34.4 Å². The van der Waals surface area contributed by atoms with Gasteiger partial charge in [0.25, 0.3) is 0 Å². The lowest BCUT2D eigenvalue weighted by molar-refractivity contribution is 0.260. The Hall–Kier alpha value is -3.52. The van der Waals surface area contributed by atoms with Crippen LogP contribution in [0.15, 0.2) is 72.1 Å². The normalized spacial score (nSPS) is 12.8. The summed E-state index contributed by atoms with van der Waals surface area (Å²) in [5.41, 5.74) is 11.3. The third-order valence-electron chi connectivity index (χ3n) is 14.2. The van der Waals surface area contributed by atoms with E-state index < -0.39 is 0 Å². The van der Waals surface area contributed by atoms with Gasteiger partial charge in [0.15, 0.2) is 11.5 Å². The van der Waals surface area contributed by atoms with E-state index in [1.165, 1.54) is 187 Å². The summed E-state index contributed by atoms with van der Waals surface area (Å²) in [6, 6.07) is 25.8. The zero-order valence-corrected chi connectivity index (χ0v) is 43.6. The molecule has 3 aromatic heterocycles. The summed E-state index contributed by atoms with van der Waals surface area (Å²) < 4.78 is 24.1. The predicted molar refractivity (Wildman–Crippen MR) is 289 cm³/mol. The third-order valence-corrected chi connectivity index (χ3v) is 16.8. The fraction of sp³-hybridized carbons (Fsp3) is 0.559. The summed E-state index contributed by atoms with van der Waals surface area (Å²) in [5.74, 6) is 1.68. The van der Waals surface area contributed by atoms with Crippen molar-refractivity contribution in [3.05, 3.63) is 83.2 Å². The van der Waals surface area contributed by atoms with Crippen LogP contribution in [0.1, 0.15) is 206 Å². The number of unbranched alkanes of at least 4 members (excludes halogenated alkanes) is 20. The van der Waals surface area contributed by atoms with E-state index in [1.807, 2.05) is 11.3 Å². The van der Waals surface area contributed by atoms with E-state index in [4.69, 9.17) is 18.2 Å². The minimum absolute atomic E-state index is 0.0490. The maximum atomic E-state index is 7.05. The lowest BCUT2D eigenvalue weighted by Crippen LogP contribution is -2.25. The van der Waals surface area contributed by atoms with Crippen LogP contribution < -0.4 is 9.47 Å². The summed E-state index contributed by atoms with van der Waals surface area (Å²) in [6.07, 6.45) is 33.0. The smallest absolute Gasteiger partial charge is 0.172 e. The van der Waals surface area contributed by atoms with Crippen LogP contribution in [0.5, 0.6) is 11.5 Å². The molecule has 66 heavy (non-hydrogen) atoms. The van der Waals surface area contributed by atoms with Crippen molar-refractivity contribution in [2.24, 2.45) is 0 Å². The van der Waals surface area contributed by atoms with E-state index in [1.54, 1.807) is 22.5 Å². The van der Waals surface area contributed by atoms with Gasteiger partial charge in [0, 0.05) is 20.0 Å². The van der Waals surface area contributed by atoms with Gasteiger partial charge in [-0.15, -0.1) is 22.7 Å². The molecular formula is C59H80N2O2S3. The molecule has 0 spiro atoms. The molecular weight excluding hydrogens is 865 g/mol. The number of thiophene rings is 2. The molecule has 0 saturated carbocycles. The Balaban J connectivity index is 1.26. The van der Waals surface area contributed by atoms with Gasteiger partial charge in [0.05, 0.1) is 36.1 Å². The van der Waals surface area contributed by atoms with E-state index in [0.717, 1.165) is 56.3 Å². The first-order chi connectivity index (χ1) is 32.6. The standard InChI is InChI=1S/C59H80N2O2S3/c1-5-9-13-17-21-27-39-59(40-28-22-18-14-10-6-2)48-33-26-25-32-46(48)47-36-35-45(44-49(47)59)50-37-38-52(65-50)54-56-55(60-66-61-56)53(51-34-31-43-64-51)57(62-41-29-23-19-15-11-7-3)58(54)63-42-30-24-20-16-12-8-4/h25-26,31-38,43-44H,5-24,27-30,39-42H2,1-4H3. The second kappa shape index (κ2) is 26.9. The number of hydrogen-bond donors (Lipinski definition) is 0. The van der Waals surface area contributed by atoms with E-state index >= 15 is 0 Å². The summed E-state index contributed by atoms with van der Waals surface area (Å²) in [4.78, 5) is 3.60. The maximum absolute atomic E-state index is 7.05. The van der Waals surface area contributed by atoms with Gasteiger partial charge in [-0.05, 0) is 83.1 Å². The molecule has 3 aromatic carbocycles. The van der Waals surface area contributed by atoms with Gasteiger partial charge in [-0.1, -0.05) is 211 Å². The first kappa shape index (κ1) is 50.4. The Morgan fingerprint density at radius 1 is 0.455 bits per heavy atom.